The number of nitrogens with zero attached hydrogens (tertiary/aromatic N) is 1. The van der Waals surface area contributed by atoms with Gasteiger partial charge in [0.1, 0.15) is 0 Å². The Balaban J connectivity index is 2.53. The Kier molecular flexibility index (Phi) is 6.71. The van der Waals surface area contributed by atoms with Gasteiger partial charge in [0.25, 0.3) is 0 Å². The molecular formula is C18H35NO2. The maximum absolute atomic E-state index is 12.8. The highest BCUT2D eigenvalue weighted by molar-refractivity contribution is 5.79. The Morgan fingerprint density at radius 2 is 1.62 bits per heavy atom. The minimum Gasteiger partial charge on any atom is -0.378 e. The summed E-state index contributed by atoms with van der Waals surface area (Å²) in [6.45, 7) is 16.3. The second-order valence-corrected chi connectivity index (χ2v) is 8.66. The van der Waals surface area contributed by atoms with E-state index < -0.39 is 0 Å². The Labute approximate surface area is 131 Å². The molecule has 0 saturated carbocycles. The molecule has 1 saturated heterocycles. The van der Waals surface area contributed by atoms with E-state index in [1.54, 1.807) is 0 Å². The minimum atomic E-state index is 0.0388. The predicted molar refractivity (Wildman–Crippen MR) is 88.3 cm³/mol. The van der Waals surface area contributed by atoms with Crippen LogP contribution in [0.1, 0.15) is 67.2 Å². The zero-order chi connectivity index (χ0) is 16.1. The van der Waals surface area contributed by atoms with Crippen LogP contribution < -0.4 is 0 Å². The molecule has 0 aliphatic carbocycles. The van der Waals surface area contributed by atoms with Gasteiger partial charge in [-0.1, -0.05) is 54.4 Å². The van der Waals surface area contributed by atoms with Crippen LogP contribution in [0.4, 0.5) is 0 Å². The molecule has 1 rings (SSSR count). The first-order valence-corrected chi connectivity index (χ1v) is 8.48. The molecule has 3 heteroatoms. The molecule has 21 heavy (non-hydrogen) atoms. The number of hydrogen-bond donors (Lipinski definition) is 0. The number of morpholine rings is 1. The zero-order valence-electron chi connectivity index (χ0n) is 15.0. The Hall–Kier alpha value is -0.570. The van der Waals surface area contributed by atoms with E-state index in [-0.39, 0.29) is 11.3 Å². The van der Waals surface area contributed by atoms with E-state index in [0.717, 1.165) is 25.9 Å². The molecule has 0 spiro atoms. The average molecular weight is 297 g/mol. The van der Waals surface area contributed by atoms with Gasteiger partial charge in [-0.15, -0.1) is 0 Å². The van der Waals surface area contributed by atoms with E-state index in [1.165, 1.54) is 12.8 Å². The summed E-state index contributed by atoms with van der Waals surface area (Å²) in [5.41, 5.74) is 0.433. The molecule has 3 nitrogen and oxygen atoms in total. The number of ether oxygens (including phenoxy) is 1. The van der Waals surface area contributed by atoms with Gasteiger partial charge in [-0.25, -0.2) is 0 Å². The van der Waals surface area contributed by atoms with Crippen LogP contribution in [0.5, 0.6) is 0 Å². The standard InChI is InChI=1S/C18H35NO2/c1-17(2,3)10-8-7-9-15(18(4,5)6)16(20)19-11-13-21-14-12-19/h15H,7-14H2,1-6H3. The van der Waals surface area contributed by atoms with Crippen LogP contribution in [0.15, 0.2) is 0 Å². The monoisotopic (exact) mass is 297 g/mol. The molecule has 1 aliphatic heterocycles. The number of carbonyl (C=O) groups excluding carboxylic acids is 1. The maximum Gasteiger partial charge on any atom is 0.226 e. The highest BCUT2D eigenvalue weighted by Crippen LogP contribution is 2.33. The van der Waals surface area contributed by atoms with Gasteiger partial charge in [-0.05, 0) is 23.7 Å². The van der Waals surface area contributed by atoms with Gasteiger partial charge in [-0.3, -0.25) is 4.79 Å². The van der Waals surface area contributed by atoms with E-state index in [1.807, 2.05) is 4.90 Å². The number of amides is 1. The lowest BCUT2D eigenvalue weighted by Crippen LogP contribution is -2.46. The van der Waals surface area contributed by atoms with Crippen molar-refractivity contribution in [3.63, 3.8) is 0 Å². The van der Waals surface area contributed by atoms with Gasteiger partial charge in [0.05, 0.1) is 13.2 Å². The van der Waals surface area contributed by atoms with E-state index in [2.05, 4.69) is 41.5 Å². The highest BCUT2D eigenvalue weighted by Gasteiger charge is 2.34. The molecule has 0 aromatic carbocycles. The summed E-state index contributed by atoms with van der Waals surface area (Å²) >= 11 is 0. The van der Waals surface area contributed by atoms with Crippen LogP contribution in [-0.4, -0.2) is 37.1 Å². The Morgan fingerprint density at radius 3 is 2.10 bits per heavy atom. The maximum atomic E-state index is 12.8. The molecule has 1 aliphatic rings. The van der Waals surface area contributed by atoms with Crippen molar-refractivity contribution in [2.75, 3.05) is 26.3 Å². The summed E-state index contributed by atoms with van der Waals surface area (Å²) in [6, 6.07) is 0. The summed E-state index contributed by atoms with van der Waals surface area (Å²) in [7, 11) is 0. The van der Waals surface area contributed by atoms with Crippen molar-refractivity contribution in [2.24, 2.45) is 16.7 Å². The summed E-state index contributed by atoms with van der Waals surface area (Å²) < 4.78 is 5.36. The van der Waals surface area contributed by atoms with E-state index in [4.69, 9.17) is 4.74 Å². The topological polar surface area (TPSA) is 29.5 Å². The second kappa shape index (κ2) is 7.62. The predicted octanol–water partition coefficient (Wildman–Crippen LogP) is 4.11. The molecule has 1 fully saturated rings. The van der Waals surface area contributed by atoms with E-state index in [0.29, 0.717) is 24.5 Å². The van der Waals surface area contributed by atoms with Crippen molar-refractivity contribution in [3.05, 3.63) is 0 Å². The van der Waals surface area contributed by atoms with E-state index >= 15 is 0 Å². The Bertz CT molecular complexity index is 319. The molecule has 0 N–H and O–H groups in total. The lowest BCUT2D eigenvalue weighted by Gasteiger charge is -2.36. The smallest absolute Gasteiger partial charge is 0.226 e. The normalized spacial score (nSPS) is 18.7. The van der Waals surface area contributed by atoms with Crippen LogP contribution in [0.2, 0.25) is 0 Å². The minimum absolute atomic E-state index is 0.0388. The van der Waals surface area contributed by atoms with Crippen molar-refractivity contribution in [1.82, 2.24) is 4.90 Å². The lowest BCUT2D eigenvalue weighted by molar-refractivity contribution is -0.143. The van der Waals surface area contributed by atoms with Crippen molar-refractivity contribution < 1.29 is 9.53 Å². The third kappa shape index (κ3) is 6.82. The summed E-state index contributed by atoms with van der Waals surface area (Å²) in [5.74, 6) is 0.470. The van der Waals surface area contributed by atoms with Gasteiger partial charge in [0, 0.05) is 19.0 Å². The largest absolute Gasteiger partial charge is 0.378 e. The fourth-order valence-electron chi connectivity index (χ4n) is 2.93. The number of rotatable bonds is 5. The first kappa shape index (κ1) is 18.5. The fourth-order valence-corrected chi connectivity index (χ4v) is 2.93. The van der Waals surface area contributed by atoms with Crippen LogP contribution in [0, 0.1) is 16.7 Å². The molecule has 1 amide bonds. The van der Waals surface area contributed by atoms with Crippen molar-refractivity contribution in [1.29, 1.82) is 0 Å². The molecule has 0 aromatic rings. The van der Waals surface area contributed by atoms with Crippen LogP contribution in [-0.2, 0) is 9.53 Å². The average Bonchev–Trinajstić information content (AvgIpc) is 2.36. The van der Waals surface area contributed by atoms with Crippen molar-refractivity contribution in [2.45, 2.75) is 67.2 Å². The summed E-state index contributed by atoms with van der Waals surface area (Å²) in [5, 5.41) is 0. The second-order valence-electron chi connectivity index (χ2n) is 8.66. The van der Waals surface area contributed by atoms with Crippen LogP contribution in [0.3, 0.4) is 0 Å². The number of hydrogen-bond acceptors (Lipinski definition) is 2. The zero-order valence-corrected chi connectivity index (χ0v) is 15.0. The molecule has 1 atom stereocenters. The SMILES string of the molecule is CC(C)(C)CCCCC(C(=O)N1CCOCC1)C(C)(C)C. The van der Waals surface area contributed by atoms with Gasteiger partial charge >= 0.3 is 0 Å². The molecule has 1 heterocycles. The number of carbonyl (C=O) groups is 1. The molecule has 0 radical (unpaired) electrons. The highest BCUT2D eigenvalue weighted by atomic mass is 16.5. The summed E-state index contributed by atoms with van der Waals surface area (Å²) in [4.78, 5) is 14.8. The first-order chi connectivity index (χ1) is 9.61. The Morgan fingerprint density at radius 1 is 1.05 bits per heavy atom. The van der Waals surface area contributed by atoms with Gasteiger partial charge in [-0.2, -0.15) is 0 Å². The van der Waals surface area contributed by atoms with Crippen molar-refractivity contribution >= 4 is 5.91 Å². The lowest BCUT2D eigenvalue weighted by atomic mass is 9.76. The van der Waals surface area contributed by atoms with Crippen LogP contribution >= 0.6 is 0 Å². The fraction of sp³-hybridized carbons (Fsp3) is 0.944. The first-order valence-electron chi connectivity index (χ1n) is 8.48. The quantitative estimate of drug-likeness (QED) is 0.715. The summed E-state index contributed by atoms with van der Waals surface area (Å²) in [6.07, 6.45) is 4.60. The molecule has 0 bridgehead atoms. The third-order valence-corrected chi connectivity index (χ3v) is 4.34. The number of unbranched alkanes of at least 4 members (excludes halogenated alkanes) is 1. The van der Waals surface area contributed by atoms with Gasteiger partial charge < -0.3 is 9.64 Å². The van der Waals surface area contributed by atoms with Gasteiger partial charge in [0.15, 0.2) is 0 Å². The molecule has 1 unspecified atom stereocenters. The third-order valence-electron chi connectivity index (χ3n) is 4.34. The van der Waals surface area contributed by atoms with Crippen LogP contribution in [0.25, 0.3) is 0 Å². The molecular weight excluding hydrogens is 262 g/mol. The molecule has 124 valence electrons. The molecule has 0 aromatic heterocycles. The van der Waals surface area contributed by atoms with E-state index in [9.17, 15) is 4.79 Å². The van der Waals surface area contributed by atoms with Gasteiger partial charge in [0.2, 0.25) is 5.91 Å². The van der Waals surface area contributed by atoms with Crippen molar-refractivity contribution in [3.8, 4) is 0 Å².